The summed E-state index contributed by atoms with van der Waals surface area (Å²) in [5.41, 5.74) is 1.70. The highest BCUT2D eigenvalue weighted by Gasteiger charge is 2.30. The van der Waals surface area contributed by atoms with Gasteiger partial charge in [0.05, 0.1) is 29.0 Å². The quantitative estimate of drug-likeness (QED) is 0.675. The Balaban J connectivity index is 1.91. The van der Waals surface area contributed by atoms with Crippen molar-refractivity contribution >= 4 is 45.0 Å². The molecule has 1 saturated heterocycles. The van der Waals surface area contributed by atoms with Crippen molar-refractivity contribution < 1.29 is 22.7 Å². The molecule has 160 valence electrons. The molecular formula is C20H22ClN3O5S. The number of esters is 1. The lowest BCUT2D eigenvalue weighted by atomic mass is 10.0. The predicted molar refractivity (Wildman–Crippen MR) is 115 cm³/mol. The number of anilines is 2. The van der Waals surface area contributed by atoms with Crippen LogP contribution in [0.2, 0.25) is 5.02 Å². The Hall–Kier alpha value is -2.65. The first-order valence-corrected chi connectivity index (χ1v) is 11.4. The molecule has 3 rings (SSSR count). The molecule has 1 fully saturated rings. The van der Waals surface area contributed by atoms with Crippen molar-refractivity contribution in [2.45, 2.75) is 26.2 Å². The van der Waals surface area contributed by atoms with E-state index in [1.54, 1.807) is 12.1 Å². The molecule has 1 amide bonds. The van der Waals surface area contributed by atoms with Crippen molar-refractivity contribution in [2.75, 3.05) is 29.0 Å². The standard InChI is InChI=1S/C20H22ClN3O5S/c1-3-5-13-8-14(20(26)29-2)10-15(9-13)23-19(25)16-11-18(22-12-17(16)21)24-6-4-7-30(24,27)28/h8-12H,3-7H2,1-2H3,(H,23,25). The number of sulfonamides is 1. The SMILES string of the molecule is CCCc1cc(NC(=O)c2cc(N3CCCS3(=O)=O)ncc2Cl)cc(C(=O)OC)c1. The van der Waals surface area contributed by atoms with E-state index in [0.717, 1.165) is 18.4 Å². The van der Waals surface area contributed by atoms with Crippen LogP contribution >= 0.6 is 11.6 Å². The summed E-state index contributed by atoms with van der Waals surface area (Å²) in [6.07, 6.45) is 3.34. The van der Waals surface area contributed by atoms with Crippen molar-refractivity contribution in [2.24, 2.45) is 0 Å². The lowest BCUT2D eigenvalue weighted by Crippen LogP contribution is -2.26. The Morgan fingerprint density at radius 3 is 2.67 bits per heavy atom. The number of halogens is 1. The van der Waals surface area contributed by atoms with Crippen LogP contribution in [0.1, 0.15) is 46.0 Å². The zero-order valence-corrected chi connectivity index (χ0v) is 18.2. The lowest BCUT2D eigenvalue weighted by Gasteiger charge is -2.17. The fraction of sp³-hybridized carbons (Fsp3) is 0.350. The third-order valence-corrected chi connectivity index (χ3v) is 6.80. The zero-order valence-electron chi connectivity index (χ0n) is 16.6. The van der Waals surface area contributed by atoms with Crippen molar-refractivity contribution in [3.8, 4) is 0 Å². The number of pyridine rings is 1. The summed E-state index contributed by atoms with van der Waals surface area (Å²) >= 11 is 6.15. The Bertz CT molecular complexity index is 1090. The van der Waals surface area contributed by atoms with Crippen LogP contribution in [0.5, 0.6) is 0 Å². The minimum atomic E-state index is -3.44. The van der Waals surface area contributed by atoms with Gasteiger partial charge in [-0.1, -0.05) is 24.9 Å². The van der Waals surface area contributed by atoms with Gasteiger partial charge in [-0.3, -0.25) is 9.10 Å². The number of aromatic nitrogens is 1. The molecule has 30 heavy (non-hydrogen) atoms. The second kappa shape index (κ2) is 9.01. The largest absolute Gasteiger partial charge is 0.465 e. The molecule has 0 radical (unpaired) electrons. The normalized spacial score (nSPS) is 15.1. The number of hydrogen-bond donors (Lipinski definition) is 1. The lowest BCUT2D eigenvalue weighted by molar-refractivity contribution is 0.0600. The van der Waals surface area contributed by atoms with E-state index in [0.29, 0.717) is 24.2 Å². The number of carbonyl (C=O) groups excluding carboxylic acids is 2. The van der Waals surface area contributed by atoms with Gasteiger partial charge in [-0.15, -0.1) is 0 Å². The first-order chi connectivity index (χ1) is 14.2. The molecule has 0 spiro atoms. The summed E-state index contributed by atoms with van der Waals surface area (Å²) in [6.45, 7) is 2.31. The summed E-state index contributed by atoms with van der Waals surface area (Å²) in [5, 5.41) is 2.82. The van der Waals surface area contributed by atoms with Crippen LogP contribution < -0.4 is 9.62 Å². The zero-order chi connectivity index (χ0) is 21.9. The molecule has 0 bridgehead atoms. The third-order valence-electron chi connectivity index (χ3n) is 4.65. The molecule has 0 aliphatic carbocycles. The van der Waals surface area contributed by atoms with E-state index in [-0.39, 0.29) is 22.2 Å². The molecule has 1 N–H and O–H groups in total. The van der Waals surface area contributed by atoms with E-state index in [1.807, 2.05) is 6.92 Å². The van der Waals surface area contributed by atoms with Crippen LogP contribution in [0.4, 0.5) is 11.5 Å². The maximum absolute atomic E-state index is 12.9. The highest BCUT2D eigenvalue weighted by molar-refractivity contribution is 7.93. The highest BCUT2D eigenvalue weighted by atomic mass is 35.5. The smallest absolute Gasteiger partial charge is 0.337 e. The molecule has 0 saturated carbocycles. The van der Waals surface area contributed by atoms with Gasteiger partial charge in [0.1, 0.15) is 5.82 Å². The number of rotatable bonds is 6. The van der Waals surface area contributed by atoms with Crippen molar-refractivity contribution in [3.63, 3.8) is 0 Å². The van der Waals surface area contributed by atoms with Crippen LogP contribution in [0, 0.1) is 0 Å². The summed E-state index contributed by atoms with van der Waals surface area (Å²) in [7, 11) is -2.15. The fourth-order valence-corrected chi connectivity index (χ4v) is 4.96. The molecule has 10 heteroatoms. The second-order valence-corrected chi connectivity index (χ2v) is 9.30. The first kappa shape index (κ1) is 22.0. The average molecular weight is 452 g/mol. The Morgan fingerprint density at radius 2 is 2.03 bits per heavy atom. The average Bonchev–Trinajstić information content (AvgIpc) is 3.06. The molecule has 1 aliphatic rings. The summed E-state index contributed by atoms with van der Waals surface area (Å²) < 4.78 is 30.3. The summed E-state index contributed by atoms with van der Waals surface area (Å²) in [5.74, 6) is -0.854. The maximum atomic E-state index is 12.9. The number of benzene rings is 1. The molecule has 1 aliphatic heterocycles. The van der Waals surface area contributed by atoms with Gasteiger partial charge < -0.3 is 10.1 Å². The summed E-state index contributed by atoms with van der Waals surface area (Å²) in [6, 6.07) is 6.37. The molecule has 0 unspecified atom stereocenters. The van der Waals surface area contributed by atoms with Crippen molar-refractivity contribution in [1.82, 2.24) is 4.98 Å². The van der Waals surface area contributed by atoms with E-state index in [4.69, 9.17) is 16.3 Å². The minimum Gasteiger partial charge on any atom is -0.465 e. The molecule has 2 aromatic rings. The van der Waals surface area contributed by atoms with Crippen LogP contribution in [0.15, 0.2) is 30.5 Å². The molecule has 8 nitrogen and oxygen atoms in total. The van der Waals surface area contributed by atoms with Gasteiger partial charge in [-0.05, 0) is 42.7 Å². The molecular weight excluding hydrogens is 430 g/mol. The van der Waals surface area contributed by atoms with Crippen LogP contribution in [0.3, 0.4) is 0 Å². The van der Waals surface area contributed by atoms with Gasteiger partial charge in [0.25, 0.3) is 5.91 Å². The Morgan fingerprint density at radius 1 is 1.27 bits per heavy atom. The number of ether oxygens (including phenoxy) is 1. The number of carbonyl (C=O) groups is 2. The van der Waals surface area contributed by atoms with Crippen LogP contribution in [0.25, 0.3) is 0 Å². The molecule has 1 aromatic heterocycles. The highest BCUT2D eigenvalue weighted by Crippen LogP contribution is 2.27. The fourth-order valence-electron chi connectivity index (χ4n) is 3.27. The van der Waals surface area contributed by atoms with E-state index in [9.17, 15) is 18.0 Å². The van der Waals surface area contributed by atoms with Gasteiger partial charge in [0, 0.05) is 18.4 Å². The van der Waals surface area contributed by atoms with Crippen LogP contribution in [-0.2, 0) is 21.2 Å². The number of aryl methyl sites for hydroxylation is 1. The van der Waals surface area contributed by atoms with Crippen molar-refractivity contribution in [3.05, 3.63) is 52.2 Å². The first-order valence-electron chi connectivity index (χ1n) is 9.44. The minimum absolute atomic E-state index is 0.0410. The van der Waals surface area contributed by atoms with E-state index < -0.39 is 21.9 Å². The van der Waals surface area contributed by atoms with E-state index >= 15 is 0 Å². The Labute approximate surface area is 180 Å². The topological polar surface area (TPSA) is 106 Å². The van der Waals surface area contributed by atoms with E-state index in [1.165, 1.54) is 29.7 Å². The molecule has 1 aromatic carbocycles. The number of nitrogens with one attached hydrogen (secondary N) is 1. The third kappa shape index (κ3) is 4.73. The van der Waals surface area contributed by atoms with Crippen LogP contribution in [-0.4, -0.2) is 44.7 Å². The molecule has 0 atom stereocenters. The maximum Gasteiger partial charge on any atom is 0.337 e. The summed E-state index contributed by atoms with van der Waals surface area (Å²) in [4.78, 5) is 28.9. The predicted octanol–water partition coefficient (Wildman–Crippen LogP) is 3.27. The van der Waals surface area contributed by atoms with Gasteiger partial charge in [-0.2, -0.15) is 0 Å². The number of hydrogen-bond acceptors (Lipinski definition) is 6. The second-order valence-electron chi connectivity index (χ2n) is 6.88. The van der Waals surface area contributed by atoms with E-state index in [2.05, 4.69) is 10.3 Å². The number of methoxy groups -OCH3 is 1. The number of nitrogens with zero attached hydrogens (tertiary/aromatic N) is 2. The van der Waals surface area contributed by atoms with Gasteiger partial charge in [0.2, 0.25) is 10.0 Å². The Kier molecular flexibility index (Phi) is 6.62. The number of amides is 1. The molecule has 2 heterocycles. The van der Waals surface area contributed by atoms with Crippen molar-refractivity contribution in [1.29, 1.82) is 0 Å². The van der Waals surface area contributed by atoms with Gasteiger partial charge >= 0.3 is 5.97 Å². The van der Waals surface area contributed by atoms with Gasteiger partial charge in [-0.25, -0.2) is 18.2 Å². The van der Waals surface area contributed by atoms with Gasteiger partial charge in [0.15, 0.2) is 0 Å². The monoisotopic (exact) mass is 451 g/mol.